The highest BCUT2D eigenvalue weighted by molar-refractivity contribution is 5.89. The molecular weight excluding hydrogens is 300 g/mol. The molecule has 1 atom stereocenters. The Balaban J connectivity index is 1.62. The maximum atomic E-state index is 12.6. The summed E-state index contributed by atoms with van der Waals surface area (Å²) >= 11 is 0. The Labute approximate surface area is 140 Å². The Morgan fingerprint density at radius 1 is 1.12 bits per heavy atom. The number of amides is 2. The van der Waals surface area contributed by atoms with Gasteiger partial charge in [0.1, 0.15) is 5.82 Å². The van der Waals surface area contributed by atoms with Crippen LogP contribution < -0.4 is 5.32 Å². The van der Waals surface area contributed by atoms with Crippen LogP contribution in [0.15, 0.2) is 54.6 Å². The van der Waals surface area contributed by atoms with Gasteiger partial charge in [-0.25, -0.2) is 9.78 Å². The molecule has 0 saturated heterocycles. The van der Waals surface area contributed by atoms with Gasteiger partial charge in [-0.3, -0.25) is 0 Å². The third-order valence-corrected chi connectivity index (χ3v) is 4.57. The highest BCUT2D eigenvalue weighted by Gasteiger charge is 2.25. The van der Waals surface area contributed by atoms with Crippen LogP contribution in [0, 0.1) is 0 Å². The van der Waals surface area contributed by atoms with Crippen molar-refractivity contribution in [2.24, 2.45) is 0 Å². The highest BCUT2D eigenvalue weighted by atomic mass is 16.2. The Hall–Kier alpha value is -2.82. The van der Waals surface area contributed by atoms with Gasteiger partial charge < -0.3 is 14.8 Å². The van der Waals surface area contributed by atoms with E-state index in [4.69, 9.17) is 4.98 Å². The first-order chi connectivity index (χ1) is 11.7. The average molecular weight is 320 g/mol. The van der Waals surface area contributed by atoms with E-state index in [-0.39, 0.29) is 6.03 Å². The number of nitrogens with one attached hydrogen (secondary N) is 1. The van der Waals surface area contributed by atoms with Crippen molar-refractivity contribution in [3.8, 4) is 0 Å². The van der Waals surface area contributed by atoms with E-state index in [1.807, 2.05) is 53.4 Å². The number of aromatic nitrogens is 2. The van der Waals surface area contributed by atoms with E-state index in [0.717, 1.165) is 35.5 Å². The third-order valence-electron chi connectivity index (χ3n) is 4.57. The highest BCUT2D eigenvalue weighted by Crippen LogP contribution is 2.27. The summed E-state index contributed by atoms with van der Waals surface area (Å²) in [7, 11) is 0. The second-order valence-corrected chi connectivity index (χ2v) is 6.24. The molecule has 2 amide bonds. The molecule has 0 fully saturated rings. The number of carbonyl (C=O) groups is 1. The maximum Gasteiger partial charge on any atom is 0.322 e. The molecule has 4 rings (SSSR count). The van der Waals surface area contributed by atoms with Crippen LogP contribution in [0.1, 0.15) is 25.2 Å². The molecule has 3 aromatic rings. The summed E-state index contributed by atoms with van der Waals surface area (Å²) in [5.74, 6) is 0.949. The quantitative estimate of drug-likeness (QED) is 0.736. The summed E-state index contributed by atoms with van der Waals surface area (Å²) in [6.45, 7) is 3.44. The summed E-state index contributed by atoms with van der Waals surface area (Å²) in [6.07, 6.45) is 0.912. The topological polar surface area (TPSA) is 50.2 Å². The average Bonchev–Trinajstić information content (AvgIpc) is 2.88. The van der Waals surface area contributed by atoms with Crippen LogP contribution in [0.3, 0.4) is 0 Å². The molecule has 1 aromatic heterocycles. The van der Waals surface area contributed by atoms with Gasteiger partial charge in [-0.15, -0.1) is 0 Å². The van der Waals surface area contributed by atoms with Crippen molar-refractivity contribution in [2.75, 3.05) is 11.9 Å². The van der Waals surface area contributed by atoms with Crippen LogP contribution >= 0.6 is 0 Å². The zero-order valence-electron chi connectivity index (χ0n) is 13.6. The number of nitrogens with zero attached hydrogens (tertiary/aromatic N) is 3. The number of fused-ring (bicyclic) bond motifs is 3. The van der Waals surface area contributed by atoms with E-state index < -0.39 is 0 Å². The van der Waals surface area contributed by atoms with Crippen molar-refractivity contribution in [1.82, 2.24) is 14.5 Å². The lowest BCUT2D eigenvalue weighted by Gasteiger charge is -2.20. The predicted molar refractivity (Wildman–Crippen MR) is 94.9 cm³/mol. The van der Waals surface area contributed by atoms with Gasteiger partial charge >= 0.3 is 6.03 Å². The molecule has 24 heavy (non-hydrogen) atoms. The lowest BCUT2D eigenvalue weighted by molar-refractivity contribution is 0.209. The van der Waals surface area contributed by atoms with Crippen LogP contribution in [0.2, 0.25) is 0 Å². The summed E-state index contributed by atoms with van der Waals surface area (Å²) < 4.78 is 2.27. The van der Waals surface area contributed by atoms with Crippen molar-refractivity contribution in [1.29, 1.82) is 0 Å². The van der Waals surface area contributed by atoms with Crippen LogP contribution in [-0.2, 0) is 6.54 Å². The molecule has 5 nitrogen and oxygen atoms in total. The van der Waals surface area contributed by atoms with Gasteiger partial charge in [-0.1, -0.05) is 30.3 Å². The lowest BCUT2D eigenvalue weighted by atomic mass is 10.2. The number of anilines is 1. The third kappa shape index (κ3) is 2.62. The summed E-state index contributed by atoms with van der Waals surface area (Å²) in [4.78, 5) is 19.2. The number of rotatable bonds is 1. The molecule has 1 N–H and O–H groups in total. The van der Waals surface area contributed by atoms with Gasteiger partial charge in [0, 0.05) is 18.3 Å². The first-order valence-corrected chi connectivity index (χ1v) is 8.29. The molecule has 1 aliphatic heterocycles. The Morgan fingerprint density at radius 2 is 1.88 bits per heavy atom. The van der Waals surface area contributed by atoms with Gasteiger partial charge in [0.15, 0.2) is 0 Å². The number of benzene rings is 2. The zero-order chi connectivity index (χ0) is 16.5. The molecular formula is C19H20N4O. The van der Waals surface area contributed by atoms with Crippen LogP contribution in [0.25, 0.3) is 11.0 Å². The molecule has 1 aliphatic rings. The maximum absolute atomic E-state index is 12.6. The summed E-state index contributed by atoms with van der Waals surface area (Å²) in [6, 6.07) is 18.0. The first-order valence-electron chi connectivity index (χ1n) is 8.29. The van der Waals surface area contributed by atoms with Crippen LogP contribution in [0.5, 0.6) is 0 Å². The fourth-order valence-electron chi connectivity index (χ4n) is 3.32. The molecule has 5 heteroatoms. The standard InChI is InChI=1S/C19H20N4O/c1-14-11-12-22(19(24)20-15-7-3-2-4-8-15)13-18-21-16-9-5-6-10-17(16)23(14)18/h2-10,14H,11-13H2,1H3,(H,20,24). The largest absolute Gasteiger partial charge is 0.324 e. The predicted octanol–water partition coefficient (Wildman–Crippen LogP) is 4.04. The van der Waals surface area contributed by atoms with Crippen LogP contribution in [0.4, 0.5) is 10.5 Å². The van der Waals surface area contributed by atoms with E-state index >= 15 is 0 Å². The van der Waals surface area contributed by atoms with E-state index in [0.29, 0.717) is 12.6 Å². The number of para-hydroxylation sites is 3. The Morgan fingerprint density at radius 3 is 2.71 bits per heavy atom. The first kappa shape index (κ1) is 14.8. The second-order valence-electron chi connectivity index (χ2n) is 6.24. The summed E-state index contributed by atoms with van der Waals surface area (Å²) in [5, 5.41) is 2.97. The fourth-order valence-corrected chi connectivity index (χ4v) is 3.32. The smallest absolute Gasteiger partial charge is 0.322 e. The SMILES string of the molecule is CC1CCN(C(=O)Nc2ccccc2)Cc2nc3ccccc3n21. The van der Waals surface area contributed by atoms with Gasteiger partial charge in [0.25, 0.3) is 0 Å². The van der Waals surface area contributed by atoms with E-state index in [9.17, 15) is 4.79 Å². The van der Waals surface area contributed by atoms with Crippen molar-refractivity contribution in [2.45, 2.75) is 25.9 Å². The fraction of sp³-hybridized carbons (Fsp3) is 0.263. The molecule has 0 spiro atoms. The Bertz CT molecular complexity index is 871. The molecule has 0 saturated carbocycles. The number of imidazole rings is 1. The molecule has 122 valence electrons. The van der Waals surface area contributed by atoms with E-state index in [1.54, 1.807) is 0 Å². The molecule has 0 radical (unpaired) electrons. The molecule has 0 aliphatic carbocycles. The lowest BCUT2D eigenvalue weighted by Crippen LogP contribution is -2.34. The molecule has 2 aromatic carbocycles. The number of urea groups is 1. The van der Waals surface area contributed by atoms with E-state index in [2.05, 4.69) is 22.9 Å². The molecule has 0 bridgehead atoms. The van der Waals surface area contributed by atoms with Gasteiger partial charge in [-0.2, -0.15) is 0 Å². The zero-order valence-corrected chi connectivity index (χ0v) is 13.6. The molecule has 1 unspecified atom stereocenters. The van der Waals surface area contributed by atoms with Crippen molar-refractivity contribution >= 4 is 22.8 Å². The van der Waals surface area contributed by atoms with Gasteiger partial charge in [0.2, 0.25) is 0 Å². The minimum atomic E-state index is -0.0751. The van der Waals surface area contributed by atoms with Crippen molar-refractivity contribution in [3.63, 3.8) is 0 Å². The van der Waals surface area contributed by atoms with Crippen molar-refractivity contribution < 1.29 is 4.79 Å². The van der Waals surface area contributed by atoms with Crippen LogP contribution in [-0.4, -0.2) is 27.0 Å². The number of carbonyl (C=O) groups excluding carboxylic acids is 1. The Kier molecular flexibility index (Phi) is 3.69. The monoisotopic (exact) mass is 320 g/mol. The normalized spacial score (nSPS) is 17.4. The van der Waals surface area contributed by atoms with Crippen molar-refractivity contribution in [3.05, 3.63) is 60.4 Å². The van der Waals surface area contributed by atoms with Gasteiger partial charge in [0.05, 0.1) is 17.6 Å². The molecule has 2 heterocycles. The van der Waals surface area contributed by atoms with Gasteiger partial charge in [-0.05, 0) is 37.6 Å². The number of hydrogen-bond donors (Lipinski definition) is 1. The summed E-state index contributed by atoms with van der Waals surface area (Å²) in [5.41, 5.74) is 2.95. The minimum Gasteiger partial charge on any atom is -0.324 e. The second kappa shape index (κ2) is 6.00. The van der Waals surface area contributed by atoms with E-state index in [1.165, 1.54) is 0 Å². The minimum absolute atomic E-state index is 0.0751. The number of hydrogen-bond acceptors (Lipinski definition) is 2.